The second-order valence-corrected chi connectivity index (χ2v) is 9.92. The van der Waals surface area contributed by atoms with Crippen molar-refractivity contribution in [3.63, 3.8) is 0 Å². The molecule has 0 bridgehead atoms. The van der Waals surface area contributed by atoms with Gasteiger partial charge in [-0.2, -0.15) is 0 Å². The zero-order valence-corrected chi connectivity index (χ0v) is 21.9. The van der Waals surface area contributed by atoms with E-state index in [1.807, 2.05) is 48.5 Å². The standard InChI is InChI=1S/C27H35N7O3/c1-18-30-15-22(33(18)10-12-35-3)19-5-6-21(23(13-19)36-4)34-24-20(14-31-26(34)29)7-9-32(25(24)28)16-27(2)8-11-37-17-27/h5-7,9,13-15H,8,10-12,16-17,28H2,1-4H3,(H2,29,31). The molecular weight excluding hydrogens is 470 g/mol. The van der Waals surface area contributed by atoms with E-state index in [-0.39, 0.29) is 5.41 Å². The molecule has 4 N–H and O–H groups in total. The van der Waals surface area contributed by atoms with Crippen molar-refractivity contribution in [3.05, 3.63) is 65.8 Å². The van der Waals surface area contributed by atoms with E-state index in [2.05, 4.69) is 26.4 Å². The minimum atomic E-state index is 0.0269. The summed E-state index contributed by atoms with van der Waals surface area (Å²) in [5, 5.41) is 0. The van der Waals surface area contributed by atoms with E-state index >= 15 is 0 Å². The largest absolute Gasteiger partial charge is 0.495 e. The lowest BCUT2D eigenvalue weighted by Crippen LogP contribution is -2.45. The van der Waals surface area contributed by atoms with Crippen LogP contribution >= 0.6 is 0 Å². The van der Waals surface area contributed by atoms with E-state index in [4.69, 9.17) is 25.7 Å². The first-order valence-corrected chi connectivity index (χ1v) is 12.4. The zero-order valence-electron chi connectivity index (χ0n) is 21.9. The number of imidazole rings is 1. The molecule has 1 saturated heterocycles. The summed E-state index contributed by atoms with van der Waals surface area (Å²) in [7, 11) is 3.34. The molecule has 37 heavy (non-hydrogen) atoms. The van der Waals surface area contributed by atoms with Crippen molar-refractivity contribution in [1.82, 2.24) is 14.5 Å². The summed E-state index contributed by atoms with van der Waals surface area (Å²) in [5.74, 6) is 2.50. The highest BCUT2D eigenvalue weighted by Gasteiger charge is 2.36. The summed E-state index contributed by atoms with van der Waals surface area (Å²) >= 11 is 0. The molecule has 1 aromatic carbocycles. The number of nitrogens with zero attached hydrogens (tertiary/aromatic N) is 5. The Balaban J connectivity index is 1.53. The highest BCUT2D eigenvalue weighted by molar-refractivity contribution is 6.02. The quantitative estimate of drug-likeness (QED) is 0.563. The fraction of sp³-hybridized carbons (Fsp3) is 0.407. The monoisotopic (exact) mass is 505 g/mol. The molecule has 10 nitrogen and oxygen atoms in total. The first-order valence-electron chi connectivity index (χ1n) is 12.4. The molecular formula is C27H35N7O3. The predicted molar refractivity (Wildman–Crippen MR) is 144 cm³/mol. The van der Waals surface area contributed by atoms with E-state index in [1.54, 1.807) is 20.4 Å². The molecule has 5 rings (SSSR count). The number of nitrogens with two attached hydrogens (primary N) is 2. The lowest BCUT2D eigenvalue weighted by Gasteiger charge is -2.38. The van der Waals surface area contributed by atoms with Gasteiger partial charge in [0.2, 0.25) is 5.96 Å². The molecule has 1 fully saturated rings. The number of ether oxygens (including phenoxy) is 3. The Hall–Kier alpha value is -3.76. The molecule has 3 aliphatic heterocycles. The van der Waals surface area contributed by atoms with E-state index in [0.717, 1.165) is 53.6 Å². The number of aliphatic imine (C=N–C) groups is 1. The van der Waals surface area contributed by atoms with Gasteiger partial charge in [-0.3, -0.25) is 4.90 Å². The number of hydrogen-bond donors (Lipinski definition) is 2. The van der Waals surface area contributed by atoms with Gasteiger partial charge in [0, 0.05) is 55.8 Å². The number of rotatable bonds is 8. The fourth-order valence-corrected chi connectivity index (χ4v) is 5.08. The average molecular weight is 506 g/mol. The van der Waals surface area contributed by atoms with Gasteiger partial charge in [-0.1, -0.05) is 13.0 Å². The topological polar surface area (TPSA) is 116 Å². The van der Waals surface area contributed by atoms with Gasteiger partial charge < -0.3 is 35.1 Å². The number of fused-ring (bicyclic) bond motifs is 1. The van der Waals surface area contributed by atoms with Crippen LogP contribution in [0.4, 0.5) is 5.69 Å². The lowest BCUT2D eigenvalue weighted by molar-refractivity contribution is 0.145. The predicted octanol–water partition coefficient (Wildman–Crippen LogP) is 2.92. The van der Waals surface area contributed by atoms with E-state index < -0.39 is 0 Å². The molecule has 3 aliphatic rings. The first kappa shape index (κ1) is 24.9. The van der Waals surface area contributed by atoms with Crippen LogP contribution in [-0.4, -0.2) is 61.0 Å². The third-order valence-corrected chi connectivity index (χ3v) is 7.19. The fourth-order valence-electron chi connectivity index (χ4n) is 5.08. The van der Waals surface area contributed by atoms with E-state index in [0.29, 0.717) is 37.3 Å². The summed E-state index contributed by atoms with van der Waals surface area (Å²) < 4.78 is 18.9. The molecule has 0 radical (unpaired) electrons. The summed E-state index contributed by atoms with van der Waals surface area (Å²) in [6.07, 6.45) is 8.64. The van der Waals surface area contributed by atoms with Crippen LogP contribution < -0.4 is 21.1 Å². The van der Waals surface area contributed by atoms with Gasteiger partial charge in [-0.15, -0.1) is 0 Å². The minimum absolute atomic E-state index is 0.0269. The van der Waals surface area contributed by atoms with E-state index in [9.17, 15) is 0 Å². The second-order valence-electron chi connectivity index (χ2n) is 9.92. The minimum Gasteiger partial charge on any atom is -0.495 e. The molecule has 1 unspecified atom stereocenters. The number of allylic oxidation sites excluding steroid dienone is 1. The van der Waals surface area contributed by atoms with Crippen LogP contribution in [0.2, 0.25) is 0 Å². The number of guanidine groups is 1. The molecule has 0 spiro atoms. The number of aryl methyl sites for hydroxylation is 1. The number of methoxy groups -OCH3 is 2. The molecule has 196 valence electrons. The lowest BCUT2D eigenvalue weighted by atomic mass is 9.89. The number of anilines is 1. The Kier molecular flexibility index (Phi) is 6.70. The van der Waals surface area contributed by atoms with Crippen LogP contribution in [0.1, 0.15) is 19.2 Å². The normalized spacial score (nSPS) is 21.3. The highest BCUT2D eigenvalue weighted by atomic mass is 16.5. The number of aromatic nitrogens is 2. The summed E-state index contributed by atoms with van der Waals surface area (Å²) in [6.45, 7) is 7.75. The highest BCUT2D eigenvalue weighted by Crippen LogP contribution is 2.40. The number of hydrogen-bond acceptors (Lipinski definition) is 9. The Morgan fingerprint density at radius 1 is 1.22 bits per heavy atom. The SMILES string of the molecule is COCCn1c(-c2ccc(N3C(N)=NC=C4C=CN(CC5(C)CCOC5)C(N)=C43)c(OC)c2)cnc1C. The van der Waals surface area contributed by atoms with Crippen LogP contribution in [0.15, 0.2) is 65.0 Å². The van der Waals surface area contributed by atoms with E-state index in [1.165, 1.54) is 0 Å². The van der Waals surface area contributed by atoms with Crippen LogP contribution in [0, 0.1) is 12.3 Å². The summed E-state index contributed by atoms with van der Waals surface area (Å²) in [5.41, 5.74) is 17.7. The molecule has 2 aromatic rings. The second kappa shape index (κ2) is 9.95. The third-order valence-electron chi connectivity index (χ3n) is 7.19. The van der Waals surface area contributed by atoms with Gasteiger partial charge in [-0.05, 0) is 31.6 Å². The third kappa shape index (κ3) is 4.58. The molecule has 1 atom stereocenters. The Labute approximate surface area is 217 Å². The molecule has 0 aliphatic carbocycles. The summed E-state index contributed by atoms with van der Waals surface area (Å²) in [6, 6.07) is 6.01. The van der Waals surface area contributed by atoms with Crippen molar-refractivity contribution < 1.29 is 14.2 Å². The Bertz CT molecular complexity index is 1300. The molecule has 10 heteroatoms. The van der Waals surface area contributed by atoms with Gasteiger partial charge >= 0.3 is 0 Å². The van der Waals surface area contributed by atoms with Crippen molar-refractivity contribution >= 4 is 11.6 Å². The van der Waals surface area contributed by atoms with Gasteiger partial charge in [0.1, 0.15) is 17.4 Å². The zero-order chi connectivity index (χ0) is 26.2. The molecule has 0 saturated carbocycles. The first-order chi connectivity index (χ1) is 17.8. The van der Waals surface area contributed by atoms with Gasteiger partial charge in [-0.25, -0.2) is 9.98 Å². The maximum absolute atomic E-state index is 6.80. The maximum Gasteiger partial charge on any atom is 0.205 e. The van der Waals surface area contributed by atoms with Crippen molar-refractivity contribution in [2.75, 3.05) is 45.5 Å². The van der Waals surface area contributed by atoms with Gasteiger partial charge in [0.15, 0.2) is 0 Å². The van der Waals surface area contributed by atoms with Crippen LogP contribution in [0.25, 0.3) is 11.3 Å². The molecule has 4 heterocycles. The smallest absolute Gasteiger partial charge is 0.205 e. The van der Waals surface area contributed by atoms with Crippen LogP contribution in [-0.2, 0) is 16.0 Å². The van der Waals surface area contributed by atoms with Crippen molar-refractivity contribution in [2.24, 2.45) is 21.9 Å². The Morgan fingerprint density at radius 3 is 2.78 bits per heavy atom. The van der Waals surface area contributed by atoms with Crippen LogP contribution in [0.3, 0.4) is 0 Å². The average Bonchev–Trinajstić information content (AvgIpc) is 3.49. The Morgan fingerprint density at radius 2 is 2.05 bits per heavy atom. The van der Waals surface area contributed by atoms with Crippen molar-refractivity contribution in [2.45, 2.75) is 26.8 Å². The molecule has 1 aromatic heterocycles. The van der Waals surface area contributed by atoms with Crippen molar-refractivity contribution in [1.29, 1.82) is 0 Å². The molecule has 0 amide bonds. The summed E-state index contributed by atoms with van der Waals surface area (Å²) in [4.78, 5) is 12.9. The maximum atomic E-state index is 6.80. The van der Waals surface area contributed by atoms with Crippen molar-refractivity contribution in [3.8, 4) is 17.0 Å². The van der Waals surface area contributed by atoms with Gasteiger partial charge in [0.05, 0.1) is 43.6 Å². The van der Waals surface area contributed by atoms with Crippen LogP contribution in [0.5, 0.6) is 5.75 Å². The van der Waals surface area contributed by atoms with Gasteiger partial charge in [0.25, 0.3) is 0 Å². The number of benzene rings is 1.